The standard InChI is InChI=1S/C15H16F2N2O2/c1-2-3-14(12-5-4-10(16)8-13(12)17)18-15(20)9-11-6-7-21-19-11/h4-8,14H,2-3,9H2,1H3,(H,18,20). The maximum atomic E-state index is 13.8. The van der Waals surface area contributed by atoms with Gasteiger partial charge in [0.2, 0.25) is 5.91 Å². The molecule has 0 aliphatic heterocycles. The SMILES string of the molecule is CCCC(NC(=O)Cc1ccon1)c1ccc(F)cc1F. The van der Waals surface area contributed by atoms with Crippen molar-refractivity contribution in [2.45, 2.75) is 32.2 Å². The zero-order valence-corrected chi connectivity index (χ0v) is 11.6. The number of nitrogens with zero attached hydrogens (tertiary/aromatic N) is 1. The van der Waals surface area contributed by atoms with E-state index in [1.807, 2.05) is 6.92 Å². The van der Waals surface area contributed by atoms with Gasteiger partial charge in [0.25, 0.3) is 0 Å². The highest BCUT2D eigenvalue weighted by molar-refractivity contribution is 5.78. The molecule has 112 valence electrons. The summed E-state index contributed by atoms with van der Waals surface area (Å²) in [7, 11) is 0. The fraction of sp³-hybridized carbons (Fsp3) is 0.333. The summed E-state index contributed by atoms with van der Waals surface area (Å²) in [6.45, 7) is 1.93. The number of hydrogen-bond acceptors (Lipinski definition) is 3. The number of rotatable bonds is 6. The first kappa shape index (κ1) is 15.2. The predicted molar refractivity (Wildman–Crippen MR) is 72.4 cm³/mol. The molecular formula is C15H16F2N2O2. The first-order chi connectivity index (χ1) is 10.1. The zero-order chi connectivity index (χ0) is 15.2. The van der Waals surface area contributed by atoms with Crippen LogP contribution in [-0.2, 0) is 11.2 Å². The molecule has 1 amide bonds. The Hall–Kier alpha value is -2.24. The van der Waals surface area contributed by atoms with E-state index in [9.17, 15) is 13.6 Å². The molecule has 4 nitrogen and oxygen atoms in total. The summed E-state index contributed by atoms with van der Waals surface area (Å²) in [5.74, 6) is -1.58. The topological polar surface area (TPSA) is 55.1 Å². The minimum absolute atomic E-state index is 0.0551. The van der Waals surface area contributed by atoms with Crippen molar-refractivity contribution in [3.05, 3.63) is 53.4 Å². The number of hydrogen-bond donors (Lipinski definition) is 1. The normalized spacial score (nSPS) is 12.1. The number of amides is 1. The Morgan fingerprint density at radius 2 is 2.19 bits per heavy atom. The van der Waals surface area contributed by atoms with Crippen molar-refractivity contribution in [3.63, 3.8) is 0 Å². The molecule has 0 spiro atoms. The second-order valence-corrected chi connectivity index (χ2v) is 4.74. The van der Waals surface area contributed by atoms with Crippen molar-refractivity contribution < 1.29 is 18.1 Å². The van der Waals surface area contributed by atoms with Gasteiger partial charge in [-0.25, -0.2) is 8.78 Å². The predicted octanol–water partition coefficient (Wildman–Crippen LogP) is 3.15. The molecule has 2 aromatic rings. The molecule has 21 heavy (non-hydrogen) atoms. The van der Waals surface area contributed by atoms with E-state index < -0.39 is 17.7 Å². The molecule has 0 aliphatic rings. The Bertz CT molecular complexity index is 600. The lowest BCUT2D eigenvalue weighted by molar-refractivity contribution is -0.121. The van der Waals surface area contributed by atoms with Gasteiger partial charge in [0, 0.05) is 17.7 Å². The minimum atomic E-state index is -0.657. The van der Waals surface area contributed by atoms with Crippen LogP contribution in [0.4, 0.5) is 8.78 Å². The summed E-state index contributed by atoms with van der Waals surface area (Å²) in [5.41, 5.74) is 0.786. The van der Waals surface area contributed by atoms with Gasteiger partial charge < -0.3 is 9.84 Å². The largest absolute Gasteiger partial charge is 0.364 e. The van der Waals surface area contributed by atoms with Crippen molar-refractivity contribution >= 4 is 5.91 Å². The van der Waals surface area contributed by atoms with Crippen LogP contribution < -0.4 is 5.32 Å². The summed E-state index contributed by atoms with van der Waals surface area (Å²) in [4.78, 5) is 12.0. The van der Waals surface area contributed by atoms with E-state index >= 15 is 0 Å². The molecule has 1 aromatic heterocycles. The van der Waals surface area contributed by atoms with Gasteiger partial charge in [0.1, 0.15) is 17.9 Å². The van der Waals surface area contributed by atoms with E-state index in [1.54, 1.807) is 6.07 Å². The van der Waals surface area contributed by atoms with E-state index in [1.165, 1.54) is 18.4 Å². The first-order valence-electron chi connectivity index (χ1n) is 6.73. The third-order valence-corrected chi connectivity index (χ3v) is 3.08. The molecule has 1 unspecified atom stereocenters. The molecule has 1 heterocycles. The zero-order valence-electron chi connectivity index (χ0n) is 11.6. The lowest BCUT2D eigenvalue weighted by atomic mass is 10.0. The Morgan fingerprint density at radius 3 is 2.81 bits per heavy atom. The second-order valence-electron chi connectivity index (χ2n) is 4.74. The Balaban J connectivity index is 2.09. The third-order valence-electron chi connectivity index (χ3n) is 3.08. The van der Waals surface area contributed by atoms with Gasteiger partial charge in [0.05, 0.1) is 18.2 Å². The molecule has 6 heteroatoms. The summed E-state index contributed by atoms with van der Waals surface area (Å²) >= 11 is 0. The van der Waals surface area contributed by atoms with Gasteiger partial charge in [-0.15, -0.1) is 0 Å². The van der Waals surface area contributed by atoms with Crippen molar-refractivity contribution in [1.29, 1.82) is 0 Å². The van der Waals surface area contributed by atoms with Crippen LogP contribution in [0, 0.1) is 11.6 Å². The van der Waals surface area contributed by atoms with Gasteiger partial charge in [-0.1, -0.05) is 24.6 Å². The number of halogens is 2. The fourth-order valence-corrected chi connectivity index (χ4v) is 2.12. The molecule has 1 N–H and O–H groups in total. The van der Waals surface area contributed by atoms with E-state index in [-0.39, 0.29) is 17.9 Å². The minimum Gasteiger partial charge on any atom is -0.364 e. The van der Waals surface area contributed by atoms with E-state index in [4.69, 9.17) is 0 Å². The van der Waals surface area contributed by atoms with Crippen LogP contribution in [0.2, 0.25) is 0 Å². The molecule has 0 aliphatic carbocycles. The number of aromatic nitrogens is 1. The molecule has 2 rings (SSSR count). The van der Waals surface area contributed by atoms with Crippen LogP contribution in [0.25, 0.3) is 0 Å². The molecule has 1 aromatic carbocycles. The fourth-order valence-electron chi connectivity index (χ4n) is 2.12. The highest BCUT2D eigenvalue weighted by atomic mass is 19.1. The Kier molecular flexibility index (Phi) is 5.03. The van der Waals surface area contributed by atoms with E-state index in [0.717, 1.165) is 12.5 Å². The smallest absolute Gasteiger partial charge is 0.226 e. The summed E-state index contributed by atoms with van der Waals surface area (Å²) < 4.78 is 31.5. The second kappa shape index (κ2) is 6.97. The number of carbonyl (C=O) groups excluding carboxylic acids is 1. The van der Waals surface area contributed by atoms with E-state index in [2.05, 4.69) is 15.0 Å². The molecular weight excluding hydrogens is 278 g/mol. The molecule has 0 bridgehead atoms. The molecule has 1 atom stereocenters. The van der Waals surface area contributed by atoms with Crippen molar-refractivity contribution in [2.24, 2.45) is 0 Å². The average Bonchev–Trinajstić information content (AvgIpc) is 2.91. The van der Waals surface area contributed by atoms with Crippen LogP contribution in [0.3, 0.4) is 0 Å². The molecule has 0 fully saturated rings. The van der Waals surface area contributed by atoms with Crippen LogP contribution in [0.15, 0.2) is 35.1 Å². The summed E-state index contributed by atoms with van der Waals surface area (Å²) in [6, 6.07) is 4.47. The average molecular weight is 294 g/mol. The van der Waals surface area contributed by atoms with Gasteiger partial charge in [-0.2, -0.15) is 0 Å². The van der Waals surface area contributed by atoms with Crippen molar-refractivity contribution in [2.75, 3.05) is 0 Å². The van der Waals surface area contributed by atoms with Crippen molar-refractivity contribution in [3.8, 4) is 0 Å². The van der Waals surface area contributed by atoms with Gasteiger partial charge in [0.15, 0.2) is 0 Å². The Morgan fingerprint density at radius 1 is 1.38 bits per heavy atom. The lowest BCUT2D eigenvalue weighted by Gasteiger charge is -2.19. The molecule has 0 saturated carbocycles. The highest BCUT2D eigenvalue weighted by Crippen LogP contribution is 2.22. The summed E-state index contributed by atoms with van der Waals surface area (Å²) in [5, 5.41) is 6.40. The quantitative estimate of drug-likeness (QED) is 0.890. The maximum Gasteiger partial charge on any atom is 0.226 e. The number of carbonyl (C=O) groups is 1. The van der Waals surface area contributed by atoms with Gasteiger partial charge in [-0.05, 0) is 12.5 Å². The van der Waals surface area contributed by atoms with Crippen LogP contribution >= 0.6 is 0 Å². The maximum absolute atomic E-state index is 13.8. The van der Waals surface area contributed by atoms with Crippen LogP contribution in [-0.4, -0.2) is 11.1 Å². The monoisotopic (exact) mass is 294 g/mol. The van der Waals surface area contributed by atoms with E-state index in [0.29, 0.717) is 12.1 Å². The first-order valence-corrected chi connectivity index (χ1v) is 6.73. The third kappa shape index (κ3) is 4.11. The molecule has 0 saturated heterocycles. The summed E-state index contributed by atoms with van der Waals surface area (Å²) in [6.07, 6.45) is 2.75. The van der Waals surface area contributed by atoms with Gasteiger partial charge in [-0.3, -0.25) is 4.79 Å². The highest BCUT2D eigenvalue weighted by Gasteiger charge is 2.18. The lowest BCUT2D eigenvalue weighted by Crippen LogP contribution is -2.30. The number of benzene rings is 1. The van der Waals surface area contributed by atoms with Crippen LogP contribution in [0.1, 0.15) is 37.1 Å². The van der Waals surface area contributed by atoms with Crippen LogP contribution in [0.5, 0.6) is 0 Å². The van der Waals surface area contributed by atoms with Gasteiger partial charge >= 0.3 is 0 Å². The molecule has 0 radical (unpaired) electrons. The number of nitrogens with one attached hydrogen (secondary N) is 1. The van der Waals surface area contributed by atoms with Crippen molar-refractivity contribution in [1.82, 2.24) is 10.5 Å². The Labute approximate surface area is 121 Å².